The van der Waals surface area contributed by atoms with Crippen LogP contribution in [0.5, 0.6) is 0 Å². The van der Waals surface area contributed by atoms with E-state index in [-0.39, 0.29) is 11.9 Å². The Morgan fingerprint density at radius 1 is 1.08 bits per heavy atom. The minimum Gasteiger partial charge on any atom is -0.333 e. The van der Waals surface area contributed by atoms with Crippen LogP contribution in [0.3, 0.4) is 0 Å². The van der Waals surface area contributed by atoms with Gasteiger partial charge in [0.05, 0.1) is 28.8 Å². The van der Waals surface area contributed by atoms with Crippen molar-refractivity contribution in [1.29, 1.82) is 0 Å². The zero-order valence-corrected chi connectivity index (χ0v) is 15.3. The molecule has 2 aromatic heterocycles. The second-order valence-corrected chi connectivity index (χ2v) is 6.25. The van der Waals surface area contributed by atoms with Gasteiger partial charge in [0, 0.05) is 30.6 Å². The number of nitrogens with zero attached hydrogens (tertiary/aromatic N) is 5. The molecule has 0 radical (unpaired) electrons. The van der Waals surface area contributed by atoms with E-state index in [1.54, 1.807) is 24.3 Å². The molecule has 0 aliphatic heterocycles. The van der Waals surface area contributed by atoms with Crippen molar-refractivity contribution in [2.24, 2.45) is 0 Å². The lowest BCUT2D eigenvalue weighted by Gasteiger charge is -2.24. The lowest BCUT2D eigenvalue weighted by molar-refractivity contribution is 0.0739. The van der Waals surface area contributed by atoms with Crippen LogP contribution in [0.1, 0.15) is 40.4 Å². The maximum absolute atomic E-state index is 12.8. The van der Waals surface area contributed by atoms with Crippen LogP contribution in [-0.2, 0) is 0 Å². The van der Waals surface area contributed by atoms with Crippen molar-refractivity contribution in [3.8, 4) is 11.3 Å². The van der Waals surface area contributed by atoms with E-state index in [0.717, 1.165) is 28.3 Å². The van der Waals surface area contributed by atoms with Crippen molar-refractivity contribution in [3.05, 3.63) is 71.7 Å². The molecule has 2 heterocycles. The summed E-state index contributed by atoms with van der Waals surface area (Å²) >= 11 is 0. The highest BCUT2D eigenvalue weighted by atomic mass is 16.2. The molecule has 0 bridgehead atoms. The fourth-order valence-corrected chi connectivity index (χ4v) is 2.71. The third kappa shape index (κ3) is 3.59. The molecule has 6 heteroatoms. The molecule has 0 N–H and O–H groups in total. The summed E-state index contributed by atoms with van der Waals surface area (Å²) in [5, 5.41) is 0. The molecule has 26 heavy (non-hydrogen) atoms. The first-order valence-corrected chi connectivity index (χ1v) is 8.41. The first kappa shape index (κ1) is 17.7. The molecule has 0 spiro atoms. The molecule has 1 atom stereocenters. The highest BCUT2D eigenvalue weighted by Crippen LogP contribution is 2.23. The van der Waals surface area contributed by atoms with Crippen molar-refractivity contribution < 1.29 is 4.79 Å². The van der Waals surface area contributed by atoms with E-state index < -0.39 is 0 Å². The highest BCUT2D eigenvalue weighted by Gasteiger charge is 2.20. The molecule has 1 unspecified atom stereocenters. The fraction of sp³-hybridized carbons (Fsp3) is 0.250. The number of carbonyl (C=O) groups is 1. The molecular weight excluding hydrogens is 326 g/mol. The van der Waals surface area contributed by atoms with Crippen LogP contribution in [0.2, 0.25) is 0 Å². The number of hydrogen-bond donors (Lipinski definition) is 0. The number of hydrogen-bond acceptors (Lipinski definition) is 5. The van der Waals surface area contributed by atoms with Crippen LogP contribution in [0.15, 0.2) is 49.1 Å². The zero-order valence-electron chi connectivity index (χ0n) is 15.3. The summed E-state index contributed by atoms with van der Waals surface area (Å²) in [5.41, 5.74) is 4.94. The predicted octanol–water partition coefficient (Wildman–Crippen LogP) is 3.38. The third-order valence-electron chi connectivity index (χ3n) is 4.42. The highest BCUT2D eigenvalue weighted by molar-refractivity contribution is 5.94. The van der Waals surface area contributed by atoms with E-state index in [1.807, 2.05) is 51.1 Å². The molecule has 3 rings (SSSR count). The quantitative estimate of drug-likeness (QED) is 0.723. The van der Waals surface area contributed by atoms with Gasteiger partial charge in [-0.25, -0.2) is 15.0 Å². The molecule has 0 aliphatic rings. The average molecular weight is 347 g/mol. The number of amides is 1. The Morgan fingerprint density at radius 2 is 1.81 bits per heavy atom. The van der Waals surface area contributed by atoms with E-state index in [9.17, 15) is 4.79 Å². The summed E-state index contributed by atoms with van der Waals surface area (Å²) in [6.45, 7) is 5.79. The number of rotatable bonds is 4. The summed E-state index contributed by atoms with van der Waals surface area (Å²) in [5.74, 6) is -0.0605. The molecule has 1 aromatic carbocycles. The van der Waals surface area contributed by atoms with Crippen LogP contribution in [0.25, 0.3) is 11.3 Å². The van der Waals surface area contributed by atoms with E-state index in [0.29, 0.717) is 5.56 Å². The van der Waals surface area contributed by atoms with Gasteiger partial charge in [-0.3, -0.25) is 9.78 Å². The van der Waals surface area contributed by atoms with Crippen molar-refractivity contribution in [1.82, 2.24) is 24.8 Å². The normalized spacial score (nSPS) is 11.8. The van der Waals surface area contributed by atoms with Gasteiger partial charge >= 0.3 is 0 Å². The Balaban J connectivity index is 1.82. The zero-order chi connectivity index (χ0) is 18.7. The van der Waals surface area contributed by atoms with Gasteiger partial charge in [-0.15, -0.1) is 0 Å². The second kappa shape index (κ2) is 7.39. The minimum atomic E-state index is -0.143. The smallest absolute Gasteiger partial charge is 0.254 e. The van der Waals surface area contributed by atoms with Gasteiger partial charge in [-0.1, -0.05) is 12.1 Å². The average Bonchev–Trinajstić information content (AvgIpc) is 2.69. The first-order chi connectivity index (χ1) is 12.5. The molecule has 6 nitrogen and oxygen atoms in total. The first-order valence-electron chi connectivity index (χ1n) is 8.41. The molecular formula is C20H21N5O. The van der Waals surface area contributed by atoms with Gasteiger partial charge in [0.15, 0.2) is 0 Å². The van der Waals surface area contributed by atoms with Gasteiger partial charge in [-0.05, 0) is 39.0 Å². The largest absolute Gasteiger partial charge is 0.333 e. The molecule has 0 saturated carbocycles. The van der Waals surface area contributed by atoms with E-state index in [2.05, 4.69) is 19.9 Å². The van der Waals surface area contributed by atoms with Crippen LogP contribution in [0, 0.1) is 13.8 Å². The third-order valence-corrected chi connectivity index (χ3v) is 4.42. The van der Waals surface area contributed by atoms with Gasteiger partial charge < -0.3 is 4.90 Å². The van der Waals surface area contributed by atoms with Gasteiger partial charge in [-0.2, -0.15) is 0 Å². The number of benzene rings is 1. The van der Waals surface area contributed by atoms with Crippen LogP contribution in [0.4, 0.5) is 0 Å². The summed E-state index contributed by atoms with van der Waals surface area (Å²) in [6.07, 6.45) is 4.92. The number of carbonyl (C=O) groups excluding carboxylic acids is 1. The van der Waals surface area contributed by atoms with Crippen LogP contribution >= 0.6 is 0 Å². The summed E-state index contributed by atoms with van der Waals surface area (Å²) < 4.78 is 0. The Hall–Kier alpha value is -3.15. The van der Waals surface area contributed by atoms with Crippen molar-refractivity contribution in [2.75, 3.05) is 7.05 Å². The van der Waals surface area contributed by atoms with Gasteiger partial charge in [0.25, 0.3) is 5.91 Å². The molecule has 0 saturated heterocycles. The van der Waals surface area contributed by atoms with E-state index >= 15 is 0 Å². The van der Waals surface area contributed by atoms with Crippen molar-refractivity contribution in [2.45, 2.75) is 26.8 Å². The molecule has 0 aliphatic carbocycles. The molecule has 3 aromatic rings. The second-order valence-electron chi connectivity index (χ2n) is 6.25. The Labute approximate surface area is 153 Å². The van der Waals surface area contributed by atoms with E-state index in [4.69, 9.17) is 0 Å². The predicted molar refractivity (Wildman–Crippen MR) is 99.5 cm³/mol. The van der Waals surface area contributed by atoms with Gasteiger partial charge in [0.1, 0.15) is 6.33 Å². The Morgan fingerprint density at radius 3 is 2.46 bits per heavy atom. The monoisotopic (exact) mass is 347 g/mol. The Kier molecular flexibility index (Phi) is 5.02. The van der Waals surface area contributed by atoms with Gasteiger partial charge in [0.2, 0.25) is 0 Å². The maximum Gasteiger partial charge on any atom is 0.254 e. The number of aryl methyl sites for hydroxylation is 2. The minimum absolute atomic E-state index is 0.0605. The molecule has 1 amide bonds. The fourth-order valence-electron chi connectivity index (χ4n) is 2.71. The summed E-state index contributed by atoms with van der Waals surface area (Å²) in [7, 11) is 1.78. The number of aromatic nitrogens is 4. The van der Waals surface area contributed by atoms with Crippen LogP contribution < -0.4 is 0 Å². The van der Waals surface area contributed by atoms with Crippen molar-refractivity contribution >= 4 is 5.91 Å². The standard InChI is InChI=1S/C20H21N5O/c1-13-11-22-14(2)19(24-13)16-5-7-17(8-6-16)20(26)25(4)15(3)18-9-10-21-12-23-18/h5-12,15H,1-4H3. The lowest BCUT2D eigenvalue weighted by atomic mass is 10.1. The SMILES string of the molecule is Cc1cnc(C)c(-c2ccc(C(=O)N(C)C(C)c3ccncn3)cc2)n1. The molecule has 0 fully saturated rings. The topological polar surface area (TPSA) is 71.9 Å². The molecule has 132 valence electrons. The lowest BCUT2D eigenvalue weighted by Crippen LogP contribution is -2.30. The van der Waals surface area contributed by atoms with E-state index in [1.165, 1.54) is 6.33 Å². The summed E-state index contributed by atoms with van der Waals surface area (Å²) in [6, 6.07) is 9.14. The summed E-state index contributed by atoms with van der Waals surface area (Å²) in [4.78, 5) is 31.5. The maximum atomic E-state index is 12.8. The Bertz CT molecular complexity index is 909. The van der Waals surface area contributed by atoms with Crippen LogP contribution in [-0.4, -0.2) is 37.8 Å². The van der Waals surface area contributed by atoms with Crippen molar-refractivity contribution in [3.63, 3.8) is 0 Å².